The van der Waals surface area contributed by atoms with Gasteiger partial charge in [-0.3, -0.25) is 9.59 Å². The highest BCUT2D eigenvalue weighted by Crippen LogP contribution is 2.32. The number of carbonyl (C=O) groups is 2. The molecule has 0 aromatic heterocycles. The minimum absolute atomic E-state index is 0.0446. The predicted molar refractivity (Wildman–Crippen MR) is 120 cm³/mol. The summed E-state index contributed by atoms with van der Waals surface area (Å²) in [6.45, 7) is 4.34. The number of carbonyl (C=O) groups excluding carboxylic acids is 2. The van der Waals surface area contributed by atoms with Crippen LogP contribution in [0.2, 0.25) is 0 Å². The molecule has 1 N–H and O–H groups in total. The first-order valence-electron chi connectivity index (χ1n) is 10.2. The molecule has 0 aliphatic carbocycles. The smallest absolute Gasteiger partial charge is 0.255 e. The molecule has 1 fully saturated rings. The third-order valence-electron chi connectivity index (χ3n) is 5.53. The molecule has 0 saturated carbocycles. The molecule has 2 amide bonds. The highest BCUT2D eigenvalue weighted by molar-refractivity contribution is 6.06. The number of likely N-dealkylation sites (tertiary alicyclic amines) is 1. The van der Waals surface area contributed by atoms with E-state index in [1.807, 2.05) is 83.8 Å². The molecule has 1 unspecified atom stereocenters. The average Bonchev–Trinajstić information content (AvgIpc) is 3.29. The van der Waals surface area contributed by atoms with Gasteiger partial charge in [-0.15, -0.1) is 0 Å². The van der Waals surface area contributed by atoms with Crippen molar-refractivity contribution in [3.8, 4) is 11.1 Å². The maximum absolute atomic E-state index is 12.9. The van der Waals surface area contributed by atoms with E-state index < -0.39 is 0 Å². The first kappa shape index (κ1) is 19.6. The first-order valence-corrected chi connectivity index (χ1v) is 10.2. The van der Waals surface area contributed by atoms with Crippen LogP contribution in [0, 0.1) is 0 Å². The molecule has 1 atom stereocenters. The molecule has 1 aliphatic heterocycles. The Morgan fingerprint density at radius 2 is 1.63 bits per heavy atom. The van der Waals surface area contributed by atoms with Crippen LogP contribution in [0.5, 0.6) is 0 Å². The average molecular weight is 396 g/mol. The summed E-state index contributed by atoms with van der Waals surface area (Å²) in [5.41, 5.74) is 4.44. The van der Waals surface area contributed by atoms with Gasteiger partial charge < -0.3 is 10.2 Å². The van der Waals surface area contributed by atoms with Crippen molar-refractivity contribution >= 4 is 17.5 Å². The van der Waals surface area contributed by atoms with Gasteiger partial charge in [0.05, 0.1) is 6.04 Å². The molecule has 0 radical (unpaired) electrons. The Morgan fingerprint density at radius 1 is 0.933 bits per heavy atom. The van der Waals surface area contributed by atoms with Gasteiger partial charge >= 0.3 is 0 Å². The fraction of sp³-hybridized carbons (Fsp3) is 0.154. The van der Waals surface area contributed by atoms with E-state index in [0.717, 1.165) is 41.8 Å². The Hall–Kier alpha value is -3.66. The maximum atomic E-state index is 12.9. The standard InChI is InChI=1S/C26H24N2O2/c1-2-25(29)28-18-8-13-24(28)20-14-16-21(17-15-20)26(30)27-23-12-7-6-11-22(23)19-9-4-3-5-10-19/h2-7,9-12,14-17,24H,1,8,13,18H2,(H,27,30). The van der Waals surface area contributed by atoms with Crippen LogP contribution in [0.15, 0.2) is 91.5 Å². The van der Waals surface area contributed by atoms with E-state index in [1.165, 1.54) is 6.08 Å². The van der Waals surface area contributed by atoms with Gasteiger partial charge in [0, 0.05) is 23.4 Å². The van der Waals surface area contributed by atoms with E-state index in [-0.39, 0.29) is 17.9 Å². The van der Waals surface area contributed by atoms with Crippen molar-refractivity contribution in [1.29, 1.82) is 0 Å². The minimum atomic E-state index is -0.157. The molecule has 4 heteroatoms. The van der Waals surface area contributed by atoms with Gasteiger partial charge in [0.15, 0.2) is 0 Å². The Bertz CT molecular complexity index is 1060. The Kier molecular flexibility index (Phi) is 5.75. The summed E-state index contributed by atoms with van der Waals surface area (Å²) in [4.78, 5) is 26.8. The summed E-state index contributed by atoms with van der Waals surface area (Å²) < 4.78 is 0. The van der Waals surface area contributed by atoms with Gasteiger partial charge in [0.2, 0.25) is 5.91 Å². The molecular weight excluding hydrogens is 372 g/mol. The first-order chi connectivity index (χ1) is 14.7. The fourth-order valence-corrected chi connectivity index (χ4v) is 4.01. The van der Waals surface area contributed by atoms with Crippen LogP contribution < -0.4 is 5.32 Å². The van der Waals surface area contributed by atoms with Crippen LogP contribution in [0.4, 0.5) is 5.69 Å². The van der Waals surface area contributed by atoms with Crippen LogP contribution in [0.25, 0.3) is 11.1 Å². The lowest BCUT2D eigenvalue weighted by molar-refractivity contribution is -0.126. The van der Waals surface area contributed by atoms with E-state index in [1.54, 1.807) is 0 Å². The molecule has 1 aliphatic rings. The lowest BCUT2D eigenvalue weighted by Crippen LogP contribution is -2.28. The lowest BCUT2D eigenvalue weighted by Gasteiger charge is -2.24. The minimum Gasteiger partial charge on any atom is -0.332 e. The van der Waals surface area contributed by atoms with Crippen LogP contribution in [0.3, 0.4) is 0 Å². The monoisotopic (exact) mass is 396 g/mol. The summed E-state index contributed by atoms with van der Waals surface area (Å²) in [7, 11) is 0. The fourth-order valence-electron chi connectivity index (χ4n) is 4.01. The second-order valence-corrected chi connectivity index (χ2v) is 7.38. The molecule has 3 aromatic carbocycles. The number of rotatable bonds is 5. The number of para-hydroxylation sites is 1. The van der Waals surface area contributed by atoms with Gasteiger partial charge in [-0.2, -0.15) is 0 Å². The molecule has 1 saturated heterocycles. The van der Waals surface area contributed by atoms with Gasteiger partial charge in [-0.25, -0.2) is 0 Å². The SMILES string of the molecule is C=CC(=O)N1CCCC1c1ccc(C(=O)Nc2ccccc2-c2ccccc2)cc1. The van der Waals surface area contributed by atoms with E-state index in [0.29, 0.717) is 5.56 Å². The van der Waals surface area contributed by atoms with Gasteiger partial charge in [0.25, 0.3) is 5.91 Å². The van der Waals surface area contributed by atoms with Crippen molar-refractivity contribution in [3.05, 3.63) is 103 Å². The number of hydrogen-bond donors (Lipinski definition) is 1. The number of nitrogens with zero attached hydrogens (tertiary/aromatic N) is 1. The third kappa shape index (κ3) is 4.03. The molecule has 0 spiro atoms. The summed E-state index contributed by atoms with van der Waals surface area (Å²) in [6, 6.07) is 25.4. The zero-order valence-electron chi connectivity index (χ0n) is 16.8. The molecular formula is C26H24N2O2. The number of nitrogens with one attached hydrogen (secondary N) is 1. The van der Waals surface area contributed by atoms with E-state index >= 15 is 0 Å². The summed E-state index contributed by atoms with van der Waals surface area (Å²) in [5.74, 6) is -0.202. The lowest BCUT2D eigenvalue weighted by atomic mass is 10.0. The van der Waals surface area contributed by atoms with Crippen molar-refractivity contribution in [3.63, 3.8) is 0 Å². The van der Waals surface area contributed by atoms with Gasteiger partial charge in [-0.05, 0) is 48.2 Å². The van der Waals surface area contributed by atoms with Crippen LogP contribution >= 0.6 is 0 Å². The highest BCUT2D eigenvalue weighted by Gasteiger charge is 2.28. The quantitative estimate of drug-likeness (QED) is 0.583. The largest absolute Gasteiger partial charge is 0.332 e. The molecule has 150 valence electrons. The van der Waals surface area contributed by atoms with Crippen molar-refractivity contribution < 1.29 is 9.59 Å². The Morgan fingerprint density at radius 3 is 2.37 bits per heavy atom. The van der Waals surface area contributed by atoms with E-state index in [2.05, 4.69) is 11.9 Å². The molecule has 0 bridgehead atoms. The zero-order valence-corrected chi connectivity index (χ0v) is 16.8. The summed E-state index contributed by atoms with van der Waals surface area (Å²) >= 11 is 0. The van der Waals surface area contributed by atoms with Crippen LogP contribution in [-0.2, 0) is 4.79 Å². The second-order valence-electron chi connectivity index (χ2n) is 7.38. The van der Waals surface area contributed by atoms with Gasteiger partial charge in [-0.1, -0.05) is 67.2 Å². The maximum Gasteiger partial charge on any atom is 0.255 e. The second kappa shape index (κ2) is 8.78. The number of hydrogen-bond acceptors (Lipinski definition) is 2. The Labute approximate surface area is 176 Å². The van der Waals surface area contributed by atoms with E-state index in [4.69, 9.17) is 0 Å². The topological polar surface area (TPSA) is 49.4 Å². The molecule has 4 rings (SSSR count). The molecule has 4 nitrogen and oxygen atoms in total. The summed E-state index contributed by atoms with van der Waals surface area (Å²) in [5, 5.41) is 3.03. The zero-order chi connectivity index (χ0) is 20.9. The van der Waals surface area contributed by atoms with Crippen molar-refractivity contribution in [2.75, 3.05) is 11.9 Å². The number of benzene rings is 3. The Balaban J connectivity index is 1.52. The number of amides is 2. The molecule has 3 aromatic rings. The van der Waals surface area contributed by atoms with Crippen LogP contribution in [0.1, 0.15) is 34.8 Å². The normalized spacial score (nSPS) is 15.6. The third-order valence-corrected chi connectivity index (χ3v) is 5.53. The van der Waals surface area contributed by atoms with Crippen molar-refractivity contribution in [2.24, 2.45) is 0 Å². The van der Waals surface area contributed by atoms with Crippen molar-refractivity contribution in [2.45, 2.75) is 18.9 Å². The van der Waals surface area contributed by atoms with Gasteiger partial charge in [0.1, 0.15) is 0 Å². The number of anilines is 1. The van der Waals surface area contributed by atoms with Crippen LogP contribution in [-0.4, -0.2) is 23.3 Å². The highest BCUT2D eigenvalue weighted by atomic mass is 16.2. The summed E-state index contributed by atoms with van der Waals surface area (Å²) in [6.07, 6.45) is 3.27. The van der Waals surface area contributed by atoms with Crippen molar-refractivity contribution in [1.82, 2.24) is 4.90 Å². The van der Waals surface area contributed by atoms with E-state index in [9.17, 15) is 9.59 Å². The molecule has 30 heavy (non-hydrogen) atoms. The molecule has 1 heterocycles. The predicted octanol–water partition coefficient (Wildman–Crippen LogP) is 5.46.